The Morgan fingerprint density at radius 3 is 1.60 bits per heavy atom. The molecular weight excluding hydrogens is 750 g/mol. The number of epoxide rings is 1. The summed E-state index contributed by atoms with van der Waals surface area (Å²) in [6.45, 7) is 5.21. The number of likely N-dealkylation sites (N-methyl/N-ethyl adjacent to an activating group) is 1. The van der Waals surface area contributed by atoms with Crippen LogP contribution in [0.1, 0.15) is 168 Å². The van der Waals surface area contributed by atoms with Gasteiger partial charge in [0.25, 0.3) is 7.82 Å². The van der Waals surface area contributed by atoms with E-state index < -0.39 is 19.9 Å². The highest BCUT2D eigenvalue weighted by atomic mass is 31.2. The molecule has 1 rings (SSSR count). The molecule has 0 bridgehead atoms. The predicted molar refractivity (Wildman–Crippen MR) is 240 cm³/mol. The number of ether oxygens (including phenoxy) is 3. The fourth-order valence-electron chi connectivity index (χ4n) is 6.35. The van der Waals surface area contributed by atoms with Gasteiger partial charge in [0.2, 0.25) is 0 Å². The van der Waals surface area contributed by atoms with E-state index >= 15 is 0 Å². The summed E-state index contributed by atoms with van der Waals surface area (Å²) in [5, 5.41) is 0. The standard InChI is InChI=1S/C48H86NO8P/c1-6-8-9-10-11-12-13-14-15-19-22-25-28-31-34-37-41-53-43-45(44-55-58(51,52)54-42-40-49(3,4)5)56-48(50)39-36-33-30-27-24-21-18-16-17-20-23-26-29-32-35-38-47-46(7-2)57-47/h16-17,21,23-24,26,30,32-33,35,45-47H,6-15,18-20,22,25,27-29,31,34,36-44H2,1-5H3/b17-16+,24-21+,26-23+,33-30+,35-32+. The van der Waals surface area contributed by atoms with E-state index in [0.29, 0.717) is 36.3 Å². The second-order valence-corrected chi connectivity index (χ2v) is 18.2. The molecule has 1 heterocycles. The normalized spacial score (nSPS) is 17.8. The zero-order valence-corrected chi connectivity index (χ0v) is 38.6. The lowest BCUT2D eigenvalue weighted by molar-refractivity contribution is -0.870. The average molecular weight is 836 g/mol. The fourth-order valence-corrected chi connectivity index (χ4v) is 7.07. The third kappa shape index (κ3) is 37.2. The molecule has 0 saturated carbocycles. The molecule has 0 radical (unpaired) electrons. The Bertz CT molecular complexity index is 1180. The highest BCUT2D eigenvalue weighted by molar-refractivity contribution is 7.45. The van der Waals surface area contributed by atoms with Gasteiger partial charge in [-0.3, -0.25) is 9.36 Å². The summed E-state index contributed by atoms with van der Waals surface area (Å²) in [6.07, 6.45) is 48.7. The van der Waals surface area contributed by atoms with E-state index in [1.807, 2.05) is 33.3 Å². The molecular formula is C48H86NO8P. The van der Waals surface area contributed by atoms with E-state index in [-0.39, 0.29) is 26.2 Å². The van der Waals surface area contributed by atoms with Crippen LogP contribution < -0.4 is 4.89 Å². The molecule has 0 spiro atoms. The van der Waals surface area contributed by atoms with Crippen molar-refractivity contribution in [2.45, 2.75) is 186 Å². The summed E-state index contributed by atoms with van der Waals surface area (Å²) in [6, 6.07) is 0. The van der Waals surface area contributed by atoms with Gasteiger partial charge >= 0.3 is 5.97 Å². The number of hydrogen-bond acceptors (Lipinski definition) is 8. The molecule has 0 amide bonds. The van der Waals surface area contributed by atoms with E-state index in [2.05, 4.69) is 62.5 Å². The lowest BCUT2D eigenvalue weighted by Gasteiger charge is -2.28. The van der Waals surface area contributed by atoms with Crippen molar-refractivity contribution in [3.05, 3.63) is 60.8 Å². The summed E-state index contributed by atoms with van der Waals surface area (Å²) in [7, 11) is 1.30. The average Bonchev–Trinajstić information content (AvgIpc) is 3.95. The van der Waals surface area contributed by atoms with Crippen molar-refractivity contribution in [1.82, 2.24) is 0 Å². The Labute approximate surface area is 355 Å². The molecule has 9 nitrogen and oxygen atoms in total. The topological polar surface area (TPSA) is 107 Å². The fraction of sp³-hybridized carbons (Fsp3) is 0.771. The second kappa shape index (κ2) is 37.0. The van der Waals surface area contributed by atoms with Crippen LogP contribution in [0.3, 0.4) is 0 Å². The summed E-state index contributed by atoms with van der Waals surface area (Å²) in [5.74, 6) is -0.417. The lowest BCUT2D eigenvalue weighted by Crippen LogP contribution is -2.37. The summed E-state index contributed by atoms with van der Waals surface area (Å²) >= 11 is 0. The number of unbranched alkanes of at least 4 members (excludes halogenated alkanes) is 15. The largest absolute Gasteiger partial charge is 0.756 e. The second-order valence-electron chi connectivity index (χ2n) is 16.8. The first kappa shape index (κ1) is 54.2. The molecule has 0 aliphatic carbocycles. The number of phosphoric acid groups is 1. The highest BCUT2D eigenvalue weighted by Crippen LogP contribution is 2.38. The number of phosphoric ester groups is 1. The Kier molecular flexibility index (Phi) is 34.5. The SMILES string of the molecule is CCCCCCCCCCCCCCCCCCOCC(COP(=O)([O-])OCC[N+](C)(C)C)OC(=O)CC/C=C/C/C=C/C/C=C/C/C=C/C/C=C/CC1OC1CC. The smallest absolute Gasteiger partial charge is 0.306 e. The van der Waals surface area contributed by atoms with Crippen LogP contribution in [0.15, 0.2) is 60.8 Å². The Morgan fingerprint density at radius 1 is 0.638 bits per heavy atom. The van der Waals surface area contributed by atoms with Gasteiger partial charge in [-0.1, -0.05) is 171 Å². The van der Waals surface area contributed by atoms with E-state index in [1.165, 1.54) is 89.9 Å². The number of esters is 1. The molecule has 58 heavy (non-hydrogen) atoms. The number of hydrogen-bond donors (Lipinski definition) is 0. The van der Waals surface area contributed by atoms with Gasteiger partial charge in [-0.2, -0.15) is 0 Å². The quantitative estimate of drug-likeness (QED) is 0.0150. The number of quaternary nitrogens is 1. The maximum Gasteiger partial charge on any atom is 0.306 e. The van der Waals surface area contributed by atoms with Gasteiger partial charge in [-0.15, -0.1) is 0 Å². The van der Waals surface area contributed by atoms with Crippen molar-refractivity contribution < 1.29 is 42.0 Å². The van der Waals surface area contributed by atoms with Gasteiger partial charge in [0, 0.05) is 13.0 Å². The van der Waals surface area contributed by atoms with Gasteiger partial charge < -0.3 is 32.6 Å². The molecule has 336 valence electrons. The van der Waals surface area contributed by atoms with Crippen molar-refractivity contribution in [1.29, 1.82) is 0 Å². The molecule has 4 atom stereocenters. The molecule has 0 aromatic carbocycles. The lowest BCUT2D eigenvalue weighted by atomic mass is 10.0. The van der Waals surface area contributed by atoms with Crippen LogP contribution in [0.2, 0.25) is 0 Å². The van der Waals surface area contributed by atoms with Crippen molar-refractivity contribution in [2.75, 3.05) is 54.1 Å². The Balaban J connectivity index is 2.24. The number of allylic oxidation sites excluding steroid dienone is 9. The summed E-state index contributed by atoms with van der Waals surface area (Å²) < 4.78 is 40.1. The van der Waals surface area contributed by atoms with Crippen LogP contribution in [-0.2, 0) is 32.6 Å². The molecule has 10 heteroatoms. The molecule has 4 unspecified atom stereocenters. The monoisotopic (exact) mass is 836 g/mol. The highest BCUT2D eigenvalue weighted by Gasteiger charge is 2.35. The summed E-state index contributed by atoms with van der Waals surface area (Å²) in [5.41, 5.74) is 0. The molecule has 0 N–H and O–H groups in total. The first-order valence-electron chi connectivity index (χ1n) is 23.1. The van der Waals surface area contributed by atoms with Crippen molar-refractivity contribution in [3.63, 3.8) is 0 Å². The van der Waals surface area contributed by atoms with Crippen LogP contribution in [-0.4, -0.2) is 82.9 Å². The van der Waals surface area contributed by atoms with Crippen molar-refractivity contribution >= 4 is 13.8 Å². The molecule has 1 fully saturated rings. The number of carbonyl (C=O) groups is 1. The zero-order chi connectivity index (χ0) is 42.4. The van der Waals surface area contributed by atoms with E-state index in [4.69, 9.17) is 23.3 Å². The molecule has 1 aliphatic heterocycles. The van der Waals surface area contributed by atoms with Gasteiger partial charge in [0.05, 0.1) is 46.6 Å². The van der Waals surface area contributed by atoms with Crippen molar-refractivity contribution in [3.8, 4) is 0 Å². The first-order chi connectivity index (χ1) is 28.1. The first-order valence-corrected chi connectivity index (χ1v) is 24.6. The van der Waals surface area contributed by atoms with Gasteiger partial charge in [0.15, 0.2) is 0 Å². The third-order valence-electron chi connectivity index (χ3n) is 10.1. The van der Waals surface area contributed by atoms with Crippen LogP contribution in [0.5, 0.6) is 0 Å². The van der Waals surface area contributed by atoms with Crippen LogP contribution in [0, 0.1) is 0 Å². The minimum absolute atomic E-state index is 0.00952. The van der Waals surface area contributed by atoms with Crippen LogP contribution >= 0.6 is 7.82 Å². The number of carbonyl (C=O) groups excluding carboxylic acids is 1. The van der Waals surface area contributed by atoms with Gasteiger partial charge in [-0.25, -0.2) is 0 Å². The van der Waals surface area contributed by atoms with E-state index in [0.717, 1.165) is 51.4 Å². The Morgan fingerprint density at radius 2 is 1.12 bits per heavy atom. The maximum atomic E-state index is 12.7. The number of nitrogens with zero attached hydrogens (tertiary/aromatic N) is 1. The number of rotatable bonds is 41. The molecule has 0 aromatic rings. The zero-order valence-electron chi connectivity index (χ0n) is 37.7. The molecule has 1 saturated heterocycles. The van der Waals surface area contributed by atoms with Gasteiger partial charge in [-0.05, 0) is 51.4 Å². The minimum Gasteiger partial charge on any atom is -0.756 e. The molecule has 1 aliphatic rings. The molecule has 0 aromatic heterocycles. The van der Waals surface area contributed by atoms with Gasteiger partial charge in [0.1, 0.15) is 19.3 Å². The maximum absolute atomic E-state index is 12.7. The van der Waals surface area contributed by atoms with E-state index in [1.54, 1.807) is 0 Å². The minimum atomic E-state index is -4.55. The van der Waals surface area contributed by atoms with Crippen LogP contribution in [0.4, 0.5) is 0 Å². The van der Waals surface area contributed by atoms with Crippen molar-refractivity contribution in [2.24, 2.45) is 0 Å². The predicted octanol–water partition coefficient (Wildman–Crippen LogP) is 12.1. The van der Waals surface area contributed by atoms with E-state index in [9.17, 15) is 14.3 Å². The summed E-state index contributed by atoms with van der Waals surface area (Å²) in [4.78, 5) is 25.1. The Hall–Kier alpha value is -1.84. The third-order valence-corrected chi connectivity index (χ3v) is 11.0. The van der Waals surface area contributed by atoms with Crippen LogP contribution in [0.25, 0.3) is 0 Å².